The van der Waals surface area contributed by atoms with Crippen molar-refractivity contribution in [1.82, 2.24) is 5.32 Å². The first kappa shape index (κ1) is 17.9. The second kappa shape index (κ2) is 12.5. The average molecular weight is 289 g/mol. The van der Waals surface area contributed by atoms with Gasteiger partial charge in [-0.3, -0.25) is 0 Å². The zero-order chi connectivity index (χ0) is 14.5. The predicted octanol–water partition coefficient (Wildman–Crippen LogP) is 1.60. The lowest BCUT2D eigenvalue weighted by Crippen LogP contribution is -2.35. The molecular weight excluding hydrogens is 258 g/mol. The van der Waals surface area contributed by atoms with Gasteiger partial charge in [-0.2, -0.15) is 0 Å². The van der Waals surface area contributed by atoms with Gasteiger partial charge in [-0.15, -0.1) is 0 Å². The molecule has 1 N–H and O–H groups in total. The summed E-state index contributed by atoms with van der Waals surface area (Å²) in [7, 11) is 1.67. The summed E-state index contributed by atoms with van der Waals surface area (Å²) >= 11 is 0. The van der Waals surface area contributed by atoms with Crippen molar-refractivity contribution in [2.75, 3.05) is 53.3 Å². The fourth-order valence-electron chi connectivity index (χ4n) is 2.46. The van der Waals surface area contributed by atoms with Gasteiger partial charge in [-0.1, -0.05) is 6.92 Å². The fraction of sp³-hybridized carbons (Fsp3) is 1.00. The third-order valence-corrected chi connectivity index (χ3v) is 3.55. The number of hydrogen-bond acceptors (Lipinski definition) is 5. The zero-order valence-corrected chi connectivity index (χ0v) is 13.1. The highest BCUT2D eigenvalue weighted by atomic mass is 16.6. The topological polar surface area (TPSA) is 49.0 Å². The van der Waals surface area contributed by atoms with Crippen molar-refractivity contribution in [2.24, 2.45) is 0 Å². The van der Waals surface area contributed by atoms with Crippen molar-refractivity contribution in [2.45, 2.75) is 44.8 Å². The maximum Gasteiger partial charge on any atom is 0.0704 e. The Kier molecular flexibility index (Phi) is 11.2. The summed E-state index contributed by atoms with van der Waals surface area (Å²) in [6.45, 7) is 7.09. The largest absolute Gasteiger partial charge is 0.382 e. The molecule has 0 bridgehead atoms. The van der Waals surface area contributed by atoms with Gasteiger partial charge in [0.2, 0.25) is 0 Å². The summed E-state index contributed by atoms with van der Waals surface area (Å²) in [6.07, 6.45) is 5.21. The van der Waals surface area contributed by atoms with Gasteiger partial charge in [0.15, 0.2) is 0 Å². The Morgan fingerprint density at radius 1 is 0.850 bits per heavy atom. The molecule has 0 aromatic rings. The van der Waals surface area contributed by atoms with Crippen LogP contribution >= 0.6 is 0 Å². The smallest absolute Gasteiger partial charge is 0.0704 e. The Morgan fingerprint density at radius 2 is 1.45 bits per heavy atom. The molecule has 1 rings (SSSR count). The van der Waals surface area contributed by atoms with Crippen LogP contribution in [0.15, 0.2) is 0 Å². The normalized spacial score (nSPS) is 23.1. The lowest BCUT2D eigenvalue weighted by atomic mass is 9.93. The van der Waals surface area contributed by atoms with E-state index in [1.807, 2.05) is 0 Å². The molecule has 0 aromatic heterocycles. The Morgan fingerprint density at radius 3 is 2.05 bits per heavy atom. The van der Waals surface area contributed by atoms with Gasteiger partial charge >= 0.3 is 0 Å². The molecule has 5 nitrogen and oxygen atoms in total. The van der Waals surface area contributed by atoms with E-state index in [1.165, 1.54) is 12.8 Å². The molecule has 0 unspecified atom stereocenters. The summed E-state index contributed by atoms with van der Waals surface area (Å²) in [6, 6.07) is 0.695. The van der Waals surface area contributed by atoms with Gasteiger partial charge in [0.05, 0.1) is 45.7 Å². The Balaban J connectivity index is 1.83. The van der Waals surface area contributed by atoms with Crippen LogP contribution in [0.4, 0.5) is 0 Å². The molecule has 1 saturated carbocycles. The van der Waals surface area contributed by atoms with Crippen LogP contribution in [-0.2, 0) is 18.9 Å². The van der Waals surface area contributed by atoms with Crippen molar-refractivity contribution < 1.29 is 18.9 Å². The van der Waals surface area contributed by atoms with Crippen LogP contribution < -0.4 is 5.32 Å². The monoisotopic (exact) mass is 289 g/mol. The Bertz CT molecular complexity index is 208. The zero-order valence-electron chi connectivity index (χ0n) is 13.1. The molecule has 1 aliphatic carbocycles. The first-order chi connectivity index (χ1) is 9.86. The molecule has 0 atom stereocenters. The summed E-state index contributed by atoms with van der Waals surface area (Å²) in [5.74, 6) is 0. The number of rotatable bonds is 12. The highest BCUT2D eigenvalue weighted by molar-refractivity contribution is 4.76. The number of ether oxygens (including phenoxy) is 4. The lowest BCUT2D eigenvalue weighted by Gasteiger charge is -2.28. The second-order valence-electron chi connectivity index (χ2n) is 5.12. The Hall–Kier alpha value is -0.200. The molecular formula is C15H31NO4. The van der Waals surface area contributed by atoms with Gasteiger partial charge in [0, 0.05) is 13.2 Å². The van der Waals surface area contributed by atoms with Gasteiger partial charge in [0.1, 0.15) is 0 Å². The van der Waals surface area contributed by atoms with Gasteiger partial charge < -0.3 is 24.3 Å². The third kappa shape index (κ3) is 8.87. The maximum absolute atomic E-state index is 5.84. The summed E-state index contributed by atoms with van der Waals surface area (Å²) in [4.78, 5) is 0. The van der Waals surface area contributed by atoms with E-state index in [0.717, 1.165) is 19.4 Å². The standard InChI is InChI=1S/C15H31NO4/c1-3-16-14-4-6-15(7-5-14)20-13-12-19-11-10-18-9-8-17-2/h14-16H,3-13H2,1-2H3. The first-order valence-electron chi connectivity index (χ1n) is 7.86. The molecule has 0 radical (unpaired) electrons. The minimum Gasteiger partial charge on any atom is -0.382 e. The summed E-state index contributed by atoms with van der Waals surface area (Å²) < 4.78 is 21.5. The van der Waals surface area contributed by atoms with E-state index >= 15 is 0 Å². The first-order valence-corrected chi connectivity index (χ1v) is 7.86. The van der Waals surface area contributed by atoms with E-state index in [4.69, 9.17) is 18.9 Å². The van der Waals surface area contributed by atoms with Crippen molar-refractivity contribution in [1.29, 1.82) is 0 Å². The minimum atomic E-state index is 0.423. The van der Waals surface area contributed by atoms with Crippen LogP contribution in [0.1, 0.15) is 32.6 Å². The van der Waals surface area contributed by atoms with E-state index < -0.39 is 0 Å². The summed E-state index contributed by atoms with van der Waals surface area (Å²) in [5, 5.41) is 3.51. The van der Waals surface area contributed by atoms with Crippen molar-refractivity contribution in [3.05, 3.63) is 0 Å². The van der Waals surface area contributed by atoms with E-state index in [1.54, 1.807) is 7.11 Å². The third-order valence-electron chi connectivity index (χ3n) is 3.55. The van der Waals surface area contributed by atoms with E-state index in [-0.39, 0.29) is 0 Å². The van der Waals surface area contributed by atoms with E-state index in [9.17, 15) is 0 Å². The van der Waals surface area contributed by atoms with Crippen LogP contribution in [0, 0.1) is 0 Å². The second-order valence-corrected chi connectivity index (χ2v) is 5.12. The molecule has 1 fully saturated rings. The van der Waals surface area contributed by atoms with E-state index in [2.05, 4.69) is 12.2 Å². The molecule has 0 spiro atoms. The van der Waals surface area contributed by atoms with Crippen molar-refractivity contribution >= 4 is 0 Å². The van der Waals surface area contributed by atoms with Crippen LogP contribution in [0.2, 0.25) is 0 Å². The maximum atomic E-state index is 5.84. The molecule has 5 heteroatoms. The highest BCUT2D eigenvalue weighted by Crippen LogP contribution is 2.20. The number of nitrogens with one attached hydrogen (secondary N) is 1. The fourth-order valence-corrected chi connectivity index (χ4v) is 2.46. The summed E-state index contributed by atoms with van der Waals surface area (Å²) in [5.41, 5.74) is 0. The van der Waals surface area contributed by atoms with Crippen LogP contribution in [0.5, 0.6) is 0 Å². The van der Waals surface area contributed by atoms with Gasteiger partial charge in [-0.05, 0) is 32.2 Å². The number of methoxy groups -OCH3 is 1. The molecule has 0 aromatic carbocycles. The molecule has 20 heavy (non-hydrogen) atoms. The molecule has 1 aliphatic rings. The van der Waals surface area contributed by atoms with Crippen molar-refractivity contribution in [3.8, 4) is 0 Å². The Labute approximate surface area is 123 Å². The van der Waals surface area contributed by atoms with Gasteiger partial charge in [-0.25, -0.2) is 0 Å². The van der Waals surface area contributed by atoms with E-state index in [0.29, 0.717) is 51.8 Å². The van der Waals surface area contributed by atoms with Crippen LogP contribution in [0.3, 0.4) is 0 Å². The molecule has 0 aliphatic heterocycles. The molecule has 0 saturated heterocycles. The van der Waals surface area contributed by atoms with Crippen molar-refractivity contribution in [3.63, 3.8) is 0 Å². The predicted molar refractivity (Wildman–Crippen MR) is 79.2 cm³/mol. The average Bonchev–Trinajstić information content (AvgIpc) is 2.47. The lowest BCUT2D eigenvalue weighted by molar-refractivity contribution is -0.0274. The highest BCUT2D eigenvalue weighted by Gasteiger charge is 2.20. The van der Waals surface area contributed by atoms with Crippen LogP contribution in [-0.4, -0.2) is 65.4 Å². The quantitative estimate of drug-likeness (QED) is 0.553. The SMILES string of the molecule is CCNC1CCC(OCCOCCOCCOC)CC1. The molecule has 120 valence electrons. The molecule has 0 amide bonds. The van der Waals surface area contributed by atoms with Crippen LogP contribution in [0.25, 0.3) is 0 Å². The minimum absolute atomic E-state index is 0.423. The number of hydrogen-bond donors (Lipinski definition) is 1. The molecule has 0 heterocycles. The van der Waals surface area contributed by atoms with Gasteiger partial charge in [0.25, 0.3) is 0 Å².